The van der Waals surface area contributed by atoms with Crippen molar-refractivity contribution in [3.8, 4) is 0 Å². The highest BCUT2D eigenvalue weighted by molar-refractivity contribution is 7.17. The van der Waals surface area contributed by atoms with E-state index in [4.69, 9.17) is 16.3 Å². The number of thiophene rings is 1. The van der Waals surface area contributed by atoms with Gasteiger partial charge in [-0.15, -0.1) is 11.3 Å². The maximum absolute atomic E-state index is 13.1. The Balaban J connectivity index is 1.90. The molecule has 0 bridgehead atoms. The van der Waals surface area contributed by atoms with Crippen molar-refractivity contribution < 1.29 is 27.5 Å². The lowest BCUT2D eigenvalue weighted by molar-refractivity contribution is -0.141. The fraction of sp³-hybridized carbons (Fsp3) is 0.550. The molecule has 1 aliphatic rings. The molecular formula is C20H23ClF3N3O3S. The first-order valence-corrected chi connectivity index (χ1v) is 11.2. The Labute approximate surface area is 186 Å². The number of amides is 1. The fourth-order valence-electron chi connectivity index (χ4n) is 3.52. The standard InChI is InChI=1S/C20H23ClF3N3O3S/c1-4-9-30-19(29)14-12-7-5-6-8-13(12)31-18(14)25-17(28)11(3)27-10(2)15(21)16(26-27)20(22,23)24/h11H,4-9H2,1-3H3,(H,25,28). The van der Waals surface area contributed by atoms with Crippen LogP contribution in [-0.4, -0.2) is 28.3 Å². The molecular weight excluding hydrogens is 455 g/mol. The molecule has 11 heteroatoms. The van der Waals surface area contributed by atoms with E-state index in [1.165, 1.54) is 25.2 Å². The second-order valence-electron chi connectivity index (χ2n) is 7.41. The number of aromatic nitrogens is 2. The van der Waals surface area contributed by atoms with Gasteiger partial charge in [0, 0.05) is 4.88 Å². The van der Waals surface area contributed by atoms with Gasteiger partial charge in [-0.05, 0) is 51.5 Å². The molecule has 31 heavy (non-hydrogen) atoms. The van der Waals surface area contributed by atoms with Crippen LogP contribution in [0.5, 0.6) is 0 Å². The Kier molecular flexibility index (Phi) is 7.00. The van der Waals surface area contributed by atoms with Gasteiger partial charge >= 0.3 is 12.1 Å². The number of ether oxygens (including phenoxy) is 1. The highest BCUT2D eigenvalue weighted by Crippen LogP contribution is 2.40. The Morgan fingerprint density at radius 2 is 2.00 bits per heavy atom. The summed E-state index contributed by atoms with van der Waals surface area (Å²) in [6.45, 7) is 4.94. The summed E-state index contributed by atoms with van der Waals surface area (Å²) in [5.74, 6) is -1.10. The third-order valence-corrected chi connectivity index (χ3v) is 6.80. The number of carbonyl (C=O) groups excluding carboxylic acids is 2. The number of esters is 1. The zero-order valence-electron chi connectivity index (χ0n) is 17.4. The predicted octanol–water partition coefficient (Wildman–Crippen LogP) is 5.57. The number of hydrogen-bond donors (Lipinski definition) is 1. The first-order chi connectivity index (χ1) is 14.6. The summed E-state index contributed by atoms with van der Waals surface area (Å²) in [6, 6.07) is -1.08. The van der Waals surface area contributed by atoms with Crippen molar-refractivity contribution in [1.82, 2.24) is 9.78 Å². The number of alkyl halides is 3. The molecule has 1 aliphatic carbocycles. The van der Waals surface area contributed by atoms with Crippen molar-refractivity contribution >= 4 is 39.8 Å². The molecule has 0 aromatic carbocycles. The third-order valence-electron chi connectivity index (χ3n) is 5.14. The number of nitrogens with zero attached hydrogens (tertiary/aromatic N) is 2. The lowest BCUT2D eigenvalue weighted by atomic mass is 9.95. The van der Waals surface area contributed by atoms with E-state index in [1.54, 1.807) is 0 Å². The normalized spacial score (nSPS) is 14.8. The third kappa shape index (κ3) is 4.74. The second kappa shape index (κ2) is 9.20. The average Bonchev–Trinajstić information content (AvgIpc) is 3.22. The van der Waals surface area contributed by atoms with E-state index in [1.807, 2.05) is 6.92 Å². The van der Waals surface area contributed by atoms with Gasteiger partial charge in [0.2, 0.25) is 5.91 Å². The van der Waals surface area contributed by atoms with Crippen LogP contribution >= 0.6 is 22.9 Å². The quantitative estimate of drug-likeness (QED) is 0.552. The lowest BCUT2D eigenvalue weighted by Gasteiger charge is -2.15. The molecule has 0 saturated carbocycles. The summed E-state index contributed by atoms with van der Waals surface area (Å²) in [6.07, 6.45) is -0.609. The molecule has 0 saturated heterocycles. The van der Waals surface area contributed by atoms with E-state index in [2.05, 4.69) is 10.4 Å². The Hall–Kier alpha value is -2.07. The van der Waals surface area contributed by atoms with Gasteiger partial charge in [-0.25, -0.2) is 4.79 Å². The number of halogens is 4. The summed E-state index contributed by atoms with van der Waals surface area (Å²) < 4.78 is 45.6. The van der Waals surface area contributed by atoms with Gasteiger partial charge in [-0.3, -0.25) is 9.48 Å². The number of rotatable bonds is 6. The maximum Gasteiger partial charge on any atom is 0.436 e. The predicted molar refractivity (Wildman–Crippen MR) is 112 cm³/mol. The van der Waals surface area contributed by atoms with Crippen LogP contribution in [0.1, 0.15) is 71.3 Å². The van der Waals surface area contributed by atoms with Crippen LogP contribution in [-0.2, 0) is 28.5 Å². The molecule has 3 rings (SSSR count). The maximum atomic E-state index is 13.1. The van der Waals surface area contributed by atoms with E-state index in [0.717, 1.165) is 40.8 Å². The molecule has 0 radical (unpaired) electrons. The van der Waals surface area contributed by atoms with Crippen LogP contribution in [0.25, 0.3) is 0 Å². The van der Waals surface area contributed by atoms with Gasteiger partial charge in [0.05, 0.1) is 22.9 Å². The molecule has 1 N–H and O–H groups in total. The second-order valence-corrected chi connectivity index (χ2v) is 8.89. The minimum Gasteiger partial charge on any atom is -0.462 e. The van der Waals surface area contributed by atoms with Crippen LogP contribution in [0.2, 0.25) is 5.02 Å². The lowest BCUT2D eigenvalue weighted by Crippen LogP contribution is -2.26. The first kappa shape index (κ1) is 23.6. The van der Waals surface area contributed by atoms with Gasteiger partial charge in [0.15, 0.2) is 5.69 Å². The molecule has 1 atom stereocenters. The smallest absolute Gasteiger partial charge is 0.436 e. The largest absolute Gasteiger partial charge is 0.462 e. The highest BCUT2D eigenvalue weighted by atomic mass is 35.5. The molecule has 1 amide bonds. The summed E-state index contributed by atoms with van der Waals surface area (Å²) in [4.78, 5) is 26.6. The molecule has 0 aliphatic heterocycles. The molecule has 2 aromatic heterocycles. The van der Waals surface area contributed by atoms with Crippen molar-refractivity contribution in [2.45, 2.75) is 65.1 Å². The van der Waals surface area contributed by atoms with E-state index >= 15 is 0 Å². The van der Waals surface area contributed by atoms with E-state index in [0.29, 0.717) is 17.0 Å². The molecule has 2 aromatic rings. The van der Waals surface area contributed by atoms with Gasteiger partial charge in [-0.1, -0.05) is 18.5 Å². The van der Waals surface area contributed by atoms with Crippen LogP contribution in [0, 0.1) is 6.92 Å². The molecule has 0 fully saturated rings. The fourth-order valence-corrected chi connectivity index (χ4v) is 5.03. The minimum atomic E-state index is -4.73. The Morgan fingerprint density at radius 1 is 1.32 bits per heavy atom. The number of anilines is 1. The molecule has 2 heterocycles. The zero-order chi connectivity index (χ0) is 22.9. The number of carbonyl (C=O) groups is 2. The Bertz CT molecular complexity index is 1000. The van der Waals surface area contributed by atoms with Crippen molar-refractivity contribution in [3.63, 3.8) is 0 Å². The van der Waals surface area contributed by atoms with Gasteiger partial charge < -0.3 is 10.1 Å². The summed E-state index contributed by atoms with van der Waals surface area (Å²) in [5.41, 5.74) is 0.0318. The van der Waals surface area contributed by atoms with Gasteiger partial charge in [0.1, 0.15) is 11.0 Å². The SMILES string of the molecule is CCCOC(=O)c1c(NC(=O)C(C)n2nc(C(F)(F)F)c(Cl)c2C)sc2c1CCCC2. The summed E-state index contributed by atoms with van der Waals surface area (Å²) in [5, 5.41) is 6.05. The van der Waals surface area contributed by atoms with Crippen molar-refractivity contribution in [3.05, 3.63) is 32.4 Å². The number of fused-ring (bicyclic) bond motifs is 1. The number of aryl methyl sites for hydroxylation is 1. The van der Waals surface area contributed by atoms with E-state index < -0.39 is 34.8 Å². The van der Waals surface area contributed by atoms with Gasteiger partial charge in [-0.2, -0.15) is 18.3 Å². The topological polar surface area (TPSA) is 73.2 Å². The van der Waals surface area contributed by atoms with Gasteiger partial charge in [0.25, 0.3) is 0 Å². The summed E-state index contributed by atoms with van der Waals surface area (Å²) >= 11 is 7.11. The van der Waals surface area contributed by atoms with Crippen LogP contribution in [0.3, 0.4) is 0 Å². The van der Waals surface area contributed by atoms with Crippen molar-refractivity contribution in [2.75, 3.05) is 11.9 Å². The number of hydrogen-bond acceptors (Lipinski definition) is 5. The minimum absolute atomic E-state index is 0.0321. The molecule has 0 spiro atoms. The first-order valence-electron chi connectivity index (χ1n) is 10.0. The van der Waals surface area contributed by atoms with Crippen molar-refractivity contribution in [2.24, 2.45) is 0 Å². The van der Waals surface area contributed by atoms with Crippen LogP contribution in [0.4, 0.5) is 18.2 Å². The van der Waals surface area contributed by atoms with E-state index in [9.17, 15) is 22.8 Å². The highest BCUT2D eigenvalue weighted by Gasteiger charge is 2.39. The number of nitrogens with one attached hydrogen (secondary N) is 1. The molecule has 6 nitrogen and oxygen atoms in total. The van der Waals surface area contributed by atoms with E-state index in [-0.39, 0.29) is 12.3 Å². The van der Waals surface area contributed by atoms with Crippen LogP contribution < -0.4 is 5.32 Å². The van der Waals surface area contributed by atoms with Crippen LogP contribution in [0.15, 0.2) is 0 Å². The monoisotopic (exact) mass is 477 g/mol. The molecule has 170 valence electrons. The zero-order valence-corrected chi connectivity index (χ0v) is 18.9. The average molecular weight is 478 g/mol. The summed E-state index contributed by atoms with van der Waals surface area (Å²) in [7, 11) is 0. The Morgan fingerprint density at radius 3 is 2.61 bits per heavy atom. The molecule has 1 unspecified atom stereocenters. The van der Waals surface area contributed by atoms with Crippen molar-refractivity contribution in [1.29, 1.82) is 0 Å².